The molecule has 6 heteroatoms. The number of pyridine rings is 1. The van der Waals surface area contributed by atoms with Gasteiger partial charge in [0.25, 0.3) is 0 Å². The van der Waals surface area contributed by atoms with Gasteiger partial charge in [0, 0.05) is 29.1 Å². The first-order valence-corrected chi connectivity index (χ1v) is 9.49. The molecule has 0 fully saturated rings. The van der Waals surface area contributed by atoms with Crippen LogP contribution in [0.2, 0.25) is 0 Å². The monoisotopic (exact) mass is 404 g/mol. The number of nitrogens with zero attached hydrogens (tertiary/aromatic N) is 1. The van der Waals surface area contributed by atoms with Gasteiger partial charge in [-0.25, -0.2) is 14.2 Å². The quantitative estimate of drug-likeness (QED) is 0.472. The van der Waals surface area contributed by atoms with Crippen LogP contribution < -0.4 is 4.74 Å². The van der Waals surface area contributed by atoms with Crippen LogP contribution in [-0.2, 0) is 11.2 Å². The van der Waals surface area contributed by atoms with Gasteiger partial charge in [0.15, 0.2) is 0 Å². The Hall–Kier alpha value is -3.67. The Labute approximate surface area is 173 Å². The summed E-state index contributed by atoms with van der Waals surface area (Å²) in [4.78, 5) is 19.8. The highest BCUT2D eigenvalue weighted by molar-refractivity contribution is 5.93. The molecule has 0 aliphatic heterocycles. The van der Waals surface area contributed by atoms with Crippen LogP contribution >= 0.6 is 0 Å². The van der Waals surface area contributed by atoms with Gasteiger partial charge in [0.2, 0.25) is 0 Å². The van der Waals surface area contributed by atoms with Gasteiger partial charge in [-0.3, -0.25) is 0 Å². The fourth-order valence-electron chi connectivity index (χ4n) is 3.63. The third-order valence-corrected chi connectivity index (χ3v) is 5.11. The lowest BCUT2D eigenvalue weighted by Gasteiger charge is -2.08. The topological polar surface area (TPSA) is 64.2 Å². The maximum Gasteiger partial charge on any atom is 0.356 e. The first-order chi connectivity index (χ1) is 14.5. The van der Waals surface area contributed by atoms with Crippen LogP contribution in [-0.4, -0.2) is 30.2 Å². The van der Waals surface area contributed by atoms with Gasteiger partial charge in [0.05, 0.1) is 19.9 Å². The lowest BCUT2D eigenvalue weighted by atomic mass is 9.99. The van der Waals surface area contributed by atoms with E-state index >= 15 is 0 Å². The lowest BCUT2D eigenvalue weighted by Crippen LogP contribution is -2.06. The number of methoxy groups -OCH3 is 2. The SMILES string of the molecule is COC(=O)c1cccc(Cc2c(-c3ccc(F)cc3)[nH]c3cc(OC)c(C)cc23)n1. The maximum atomic E-state index is 13.5. The number of hydrogen-bond donors (Lipinski definition) is 1. The molecule has 0 bridgehead atoms. The number of aryl methyl sites for hydroxylation is 1. The number of rotatable bonds is 5. The summed E-state index contributed by atoms with van der Waals surface area (Å²) in [6.45, 7) is 1.99. The molecule has 0 radical (unpaired) electrons. The largest absolute Gasteiger partial charge is 0.496 e. The van der Waals surface area contributed by atoms with Crippen molar-refractivity contribution in [3.05, 3.63) is 82.9 Å². The highest BCUT2D eigenvalue weighted by Crippen LogP contribution is 2.35. The summed E-state index contributed by atoms with van der Waals surface area (Å²) in [5.74, 6) is 0.0169. The molecule has 0 aliphatic carbocycles. The standard InChI is InChI=1S/C24H21FN2O3/c1-14-11-18-19(12-17-5-4-6-20(26-17)24(28)30-3)23(15-7-9-16(25)10-8-15)27-21(18)13-22(14)29-2/h4-11,13,27H,12H2,1-3H3. The second kappa shape index (κ2) is 7.99. The molecule has 152 valence electrons. The summed E-state index contributed by atoms with van der Waals surface area (Å²) >= 11 is 0. The summed E-state index contributed by atoms with van der Waals surface area (Å²) in [5, 5.41) is 1.03. The predicted molar refractivity (Wildman–Crippen MR) is 113 cm³/mol. The van der Waals surface area contributed by atoms with E-state index in [4.69, 9.17) is 9.47 Å². The molecule has 0 aliphatic rings. The molecular formula is C24H21FN2O3. The van der Waals surface area contributed by atoms with E-state index in [1.165, 1.54) is 19.2 Å². The van der Waals surface area contributed by atoms with Crippen LogP contribution in [0.5, 0.6) is 5.75 Å². The highest BCUT2D eigenvalue weighted by Gasteiger charge is 2.17. The predicted octanol–water partition coefficient (Wildman–Crippen LogP) is 5.06. The molecule has 0 unspecified atom stereocenters. The average Bonchev–Trinajstić information content (AvgIpc) is 3.10. The first-order valence-electron chi connectivity index (χ1n) is 9.49. The Kier molecular flexibility index (Phi) is 5.23. The van der Waals surface area contributed by atoms with Gasteiger partial charge in [-0.15, -0.1) is 0 Å². The van der Waals surface area contributed by atoms with Crippen LogP contribution in [0.4, 0.5) is 4.39 Å². The van der Waals surface area contributed by atoms with Crippen molar-refractivity contribution < 1.29 is 18.7 Å². The minimum atomic E-state index is -0.477. The van der Waals surface area contributed by atoms with E-state index in [1.54, 1.807) is 31.4 Å². The number of nitrogens with one attached hydrogen (secondary N) is 1. The number of benzene rings is 2. The molecule has 0 atom stereocenters. The van der Waals surface area contributed by atoms with Crippen molar-refractivity contribution in [2.24, 2.45) is 0 Å². The zero-order chi connectivity index (χ0) is 21.3. The normalized spacial score (nSPS) is 10.9. The summed E-state index contributed by atoms with van der Waals surface area (Å²) in [6.07, 6.45) is 0.489. The van der Waals surface area contributed by atoms with E-state index in [9.17, 15) is 9.18 Å². The van der Waals surface area contributed by atoms with Gasteiger partial charge in [0.1, 0.15) is 17.3 Å². The van der Waals surface area contributed by atoms with Crippen LogP contribution in [0.25, 0.3) is 22.2 Å². The fraction of sp³-hybridized carbons (Fsp3) is 0.167. The molecule has 4 aromatic rings. The number of carbonyl (C=O) groups is 1. The molecule has 0 amide bonds. The second-order valence-corrected chi connectivity index (χ2v) is 7.04. The average molecular weight is 404 g/mol. The number of carbonyl (C=O) groups excluding carboxylic acids is 1. The van der Waals surface area contributed by atoms with Gasteiger partial charge in [-0.05, 0) is 66.1 Å². The lowest BCUT2D eigenvalue weighted by molar-refractivity contribution is 0.0593. The van der Waals surface area contributed by atoms with Gasteiger partial charge in [-0.1, -0.05) is 6.07 Å². The Bertz CT molecular complexity index is 1230. The second-order valence-electron chi connectivity index (χ2n) is 7.04. The highest BCUT2D eigenvalue weighted by atomic mass is 19.1. The van der Waals surface area contributed by atoms with E-state index in [-0.39, 0.29) is 11.5 Å². The molecule has 30 heavy (non-hydrogen) atoms. The number of aromatic amines is 1. The van der Waals surface area contributed by atoms with Crippen molar-refractivity contribution in [3.8, 4) is 17.0 Å². The number of H-pyrrole nitrogens is 1. The smallest absolute Gasteiger partial charge is 0.356 e. The van der Waals surface area contributed by atoms with E-state index in [2.05, 4.69) is 16.0 Å². The van der Waals surface area contributed by atoms with Crippen molar-refractivity contribution in [2.45, 2.75) is 13.3 Å². The van der Waals surface area contributed by atoms with Crippen LogP contribution in [0.1, 0.15) is 27.3 Å². The Morgan fingerprint density at radius 2 is 1.87 bits per heavy atom. The third-order valence-electron chi connectivity index (χ3n) is 5.11. The zero-order valence-electron chi connectivity index (χ0n) is 17.0. The summed E-state index contributed by atoms with van der Waals surface area (Å²) in [5.41, 5.74) is 5.66. The van der Waals surface area contributed by atoms with Crippen molar-refractivity contribution in [2.75, 3.05) is 14.2 Å². The molecule has 4 rings (SSSR count). The van der Waals surface area contributed by atoms with Gasteiger partial charge in [-0.2, -0.15) is 0 Å². The number of esters is 1. The van der Waals surface area contributed by atoms with Crippen LogP contribution in [0.15, 0.2) is 54.6 Å². The fourth-order valence-corrected chi connectivity index (χ4v) is 3.63. The summed E-state index contributed by atoms with van der Waals surface area (Å²) in [7, 11) is 2.97. The zero-order valence-corrected chi connectivity index (χ0v) is 17.0. The first kappa shape index (κ1) is 19.6. The number of aromatic nitrogens is 2. The summed E-state index contributed by atoms with van der Waals surface area (Å²) in [6, 6.07) is 15.7. The maximum absolute atomic E-state index is 13.5. The molecule has 2 heterocycles. The molecule has 0 spiro atoms. The van der Waals surface area contributed by atoms with Gasteiger partial charge < -0.3 is 14.5 Å². The number of fused-ring (bicyclic) bond motifs is 1. The minimum absolute atomic E-state index is 0.260. The molecule has 5 nitrogen and oxygen atoms in total. The van der Waals surface area contributed by atoms with Gasteiger partial charge >= 0.3 is 5.97 Å². The van der Waals surface area contributed by atoms with Crippen LogP contribution in [0.3, 0.4) is 0 Å². The van der Waals surface area contributed by atoms with E-state index in [0.29, 0.717) is 6.42 Å². The number of ether oxygens (including phenoxy) is 2. The van der Waals surface area contributed by atoms with Crippen molar-refractivity contribution in [1.29, 1.82) is 0 Å². The van der Waals surface area contributed by atoms with Crippen LogP contribution in [0, 0.1) is 12.7 Å². The van der Waals surface area contributed by atoms with Crippen molar-refractivity contribution >= 4 is 16.9 Å². The number of halogens is 1. The molecule has 0 saturated carbocycles. The third kappa shape index (κ3) is 3.64. The Morgan fingerprint density at radius 3 is 2.57 bits per heavy atom. The van der Waals surface area contributed by atoms with E-state index < -0.39 is 5.97 Å². The Balaban J connectivity index is 1.88. The van der Waals surface area contributed by atoms with Crippen molar-refractivity contribution in [3.63, 3.8) is 0 Å². The minimum Gasteiger partial charge on any atom is -0.496 e. The summed E-state index contributed by atoms with van der Waals surface area (Å²) < 4.78 is 23.7. The number of hydrogen-bond acceptors (Lipinski definition) is 4. The Morgan fingerprint density at radius 1 is 1.10 bits per heavy atom. The van der Waals surface area contributed by atoms with Crippen molar-refractivity contribution in [1.82, 2.24) is 9.97 Å². The molecule has 0 saturated heterocycles. The van der Waals surface area contributed by atoms with E-state index in [0.717, 1.165) is 44.7 Å². The molecule has 2 aromatic carbocycles. The van der Waals surface area contributed by atoms with E-state index in [1.807, 2.05) is 19.1 Å². The molecular weight excluding hydrogens is 383 g/mol. The molecule has 1 N–H and O–H groups in total. The molecule has 2 aromatic heterocycles.